The van der Waals surface area contributed by atoms with Gasteiger partial charge < -0.3 is 9.84 Å². The zero-order chi connectivity index (χ0) is 14.8. The van der Waals surface area contributed by atoms with Crippen molar-refractivity contribution in [3.8, 4) is 10.8 Å². The van der Waals surface area contributed by atoms with Crippen molar-refractivity contribution in [2.75, 3.05) is 6.54 Å². The zero-order valence-corrected chi connectivity index (χ0v) is 13.0. The number of hydrogen-bond acceptors (Lipinski definition) is 5. The lowest BCUT2D eigenvalue weighted by Gasteiger charge is -2.10. The molecule has 0 radical (unpaired) electrons. The molecule has 1 aromatic carbocycles. The van der Waals surface area contributed by atoms with Gasteiger partial charge in [0.05, 0.1) is 4.88 Å². The Bertz CT molecular complexity index is 740. The molecule has 1 N–H and O–H groups in total. The van der Waals surface area contributed by atoms with Gasteiger partial charge >= 0.3 is 0 Å². The van der Waals surface area contributed by atoms with Gasteiger partial charge in [0.1, 0.15) is 0 Å². The lowest BCUT2D eigenvalue weighted by molar-refractivity contribution is 0.423. The summed E-state index contributed by atoms with van der Waals surface area (Å²) in [7, 11) is 0. The van der Waals surface area contributed by atoms with Crippen LogP contribution in [0, 0.1) is 0 Å². The van der Waals surface area contributed by atoms with Gasteiger partial charge in [0.25, 0.3) is 5.89 Å². The van der Waals surface area contributed by atoms with Crippen LogP contribution in [-0.2, 0) is 25.8 Å². The molecule has 4 rings (SSSR count). The smallest absolute Gasteiger partial charge is 0.268 e. The van der Waals surface area contributed by atoms with E-state index in [9.17, 15) is 0 Å². The van der Waals surface area contributed by atoms with E-state index in [4.69, 9.17) is 4.52 Å². The summed E-state index contributed by atoms with van der Waals surface area (Å²) < 4.78 is 5.45. The highest BCUT2D eigenvalue weighted by atomic mass is 32.1. The summed E-state index contributed by atoms with van der Waals surface area (Å²) in [4.78, 5) is 7.03. The standard InChI is InChI=1S/C17H17N3OS/c1-2-4-12(5-3-1)6-7-16-19-17(21-20-16)14-10-13-8-9-18-11-15(13)22-14/h1-5,10,18H,6-9,11H2. The average molecular weight is 311 g/mol. The summed E-state index contributed by atoms with van der Waals surface area (Å²) >= 11 is 1.76. The Kier molecular flexibility index (Phi) is 3.74. The quantitative estimate of drug-likeness (QED) is 0.804. The molecule has 5 heteroatoms. The SMILES string of the molecule is c1ccc(CCc2noc(-c3cc4c(s3)CNCC4)n2)cc1. The molecule has 0 fully saturated rings. The molecular weight excluding hydrogens is 294 g/mol. The molecule has 2 aromatic heterocycles. The third kappa shape index (κ3) is 2.82. The first kappa shape index (κ1) is 13.7. The molecule has 112 valence electrons. The second-order valence-corrected chi connectivity index (χ2v) is 6.62. The maximum Gasteiger partial charge on any atom is 0.268 e. The van der Waals surface area contributed by atoms with E-state index in [1.807, 2.05) is 6.07 Å². The van der Waals surface area contributed by atoms with E-state index in [-0.39, 0.29) is 0 Å². The van der Waals surface area contributed by atoms with Crippen LogP contribution in [0.1, 0.15) is 21.8 Å². The van der Waals surface area contributed by atoms with E-state index >= 15 is 0 Å². The van der Waals surface area contributed by atoms with Crippen LogP contribution < -0.4 is 5.32 Å². The first-order valence-corrected chi connectivity index (χ1v) is 8.39. The molecule has 0 spiro atoms. The fourth-order valence-corrected chi connectivity index (χ4v) is 3.82. The van der Waals surface area contributed by atoms with E-state index in [1.54, 1.807) is 11.3 Å². The lowest BCUT2D eigenvalue weighted by Crippen LogP contribution is -2.21. The summed E-state index contributed by atoms with van der Waals surface area (Å²) in [5, 5.41) is 7.51. The van der Waals surface area contributed by atoms with Crippen molar-refractivity contribution in [3.05, 3.63) is 58.2 Å². The normalized spacial score (nSPS) is 14.0. The monoisotopic (exact) mass is 311 g/mol. The molecule has 1 aliphatic rings. The minimum absolute atomic E-state index is 0.655. The number of aryl methyl sites for hydroxylation is 2. The van der Waals surface area contributed by atoms with Crippen molar-refractivity contribution in [2.45, 2.75) is 25.8 Å². The molecular formula is C17H17N3OS. The Morgan fingerprint density at radius 1 is 1.18 bits per heavy atom. The largest absolute Gasteiger partial charge is 0.333 e. The van der Waals surface area contributed by atoms with Crippen molar-refractivity contribution in [3.63, 3.8) is 0 Å². The highest BCUT2D eigenvalue weighted by molar-refractivity contribution is 7.15. The molecule has 0 atom stereocenters. The predicted octanol–water partition coefficient (Wildman–Crippen LogP) is 3.23. The van der Waals surface area contributed by atoms with Crippen LogP contribution in [0.3, 0.4) is 0 Å². The molecule has 22 heavy (non-hydrogen) atoms. The molecule has 0 unspecified atom stereocenters. The maximum atomic E-state index is 5.45. The highest BCUT2D eigenvalue weighted by Crippen LogP contribution is 2.32. The van der Waals surface area contributed by atoms with Crippen molar-refractivity contribution in [1.29, 1.82) is 0 Å². The number of rotatable bonds is 4. The third-order valence-corrected chi connectivity index (χ3v) is 5.08. The second kappa shape index (κ2) is 6.02. The Morgan fingerprint density at radius 2 is 2.09 bits per heavy atom. The van der Waals surface area contributed by atoms with Gasteiger partial charge in [-0.3, -0.25) is 0 Å². The van der Waals surface area contributed by atoms with E-state index < -0.39 is 0 Å². The molecule has 3 aromatic rings. The second-order valence-electron chi connectivity index (χ2n) is 5.49. The average Bonchev–Trinajstić information content (AvgIpc) is 3.20. The maximum absolute atomic E-state index is 5.45. The minimum atomic E-state index is 0.655. The van der Waals surface area contributed by atoms with Crippen LogP contribution in [0.25, 0.3) is 10.8 Å². The number of nitrogens with zero attached hydrogens (tertiary/aromatic N) is 2. The van der Waals surface area contributed by atoms with Crippen LogP contribution >= 0.6 is 11.3 Å². The topological polar surface area (TPSA) is 51.0 Å². The third-order valence-electron chi connectivity index (χ3n) is 3.91. The molecule has 4 nitrogen and oxygen atoms in total. The van der Waals surface area contributed by atoms with E-state index in [0.717, 1.165) is 43.1 Å². The van der Waals surface area contributed by atoms with Crippen molar-refractivity contribution in [2.24, 2.45) is 0 Å². The van der Waals surface area contributed by atoms with Crippen molar-refractivity contribution in [1.82, 2.24) is 15.5 Å². The van der Waals surface area contributed by atoms with Gasteiger partial charge in [-0.2, -0.15) is 4.98 Å². The highest BCUT2D eigenvalue weighted by Gasteiger charge is 2.17. The molecule has 3 heterocycles. The minimum Gasteiger partial charge on any atom is -0.333 e. The number of nitrogens with one attached hydrogen (secondary N) is 1. The van der Waals surface area contributed by atoms with Gasteiger partial charge in [0.2, 0.25) is 0 Å². The summed E-state index contributed by atoms with van der Waals surface area (Å²) in [5.74, 6) is 1.44. The fraction of sp³-hybridized carbons (Fsp3) is 0.294. The van der Waals surface area contributed by atoms with Crippen molar-refractivity contribution < 1.29 is 4.52 Å². The molecule has 1 aliphatic heterocycles. The Morgan fingerprint density at radius 3 is 2.95 bits per heavy atom. The summed E-state index contributed by atoms with van der Waals surface area (Å²) in [6.07, 6.45) is 2.83. The first-order valence-electron chi connectivity index (χ1n) is 7.58. The van der Waals surface area contributed by atoms with Crippen LogP contribution in [-0.4, -0.2) is 16.7 Å². The van der Waals surface area contributed by atoms with Gasteiger partial charge in [-0.1, -0.05) is 35.5 Å². The summed E-state index contributed by atoms with van der Waals surface area (Å²) in [5.41, 5.74) is 2.72. The van der Waals surface area contributed by atoms with Gasteiger partial charge in [0.15, 0.2) is 5.82 Å². The van der Waals surface area contributed by atoms with E-state index in [1.165, 1.54) is 16.0 Å². The number of thiophene rings is 1. The Labute approximate surface area is 133 Å². The lowest BCUT2D eigenvalue weighted by atomic mass is 10.1. The van der Waals surface area contributed by atoms with Crippen LogP contribution in [0.15, 0.2) is 40.9 Å². The van der Waals surface area contributed by atoms with Crippen LogP contribution in [0.4, 0.5) is 0 Å². The number of benzene rings is 1. The zero-order valence-electron chi connectivity index (χ0n) is 12.2. The Hall–Kier alpha value is -1.98. The summed E-state index contributed by atoms with van der Waals surface area (Å²) in [6, 6.07) is 12.6. The van der Waals surface area contributed by atoms with Gasteiger partial charge in [-0.25, -0.2) is 0 Å². The fourth-order valence-electron chi connectivity index (χ4n) is 2.71. The number of aromatic nitrogens is 2. The van der Waals surface area contributed by atoms with Crippen LogP contribution in [0.2, 0.25) is 0 Å². The van der Waals surface area contributed by atoms with Crippen molar-refractivity contribution >= 4 is 11.3 Å². The molecule has 0 bridgehead atoms. The Balaban J connectivity index is 1.48. The summed E-state index contributed by atoms with van der Waals surface area (Å²) in [6.45, 7) is 2.00. The van der Waals surface area contributed by atoms with Gasteiger partial charge in [-0.15, -0.1) is 11.3 Å². The van der Waals surface area contributed by atoms with Crippen LogP contribution in [0.5, 0.6) is 0 Å². The molecule has 0 saturated heterocycles. The number of fused-ring (bicyclic) bond motifs is 1. The number of hydrogen-bond donors (Lipinski definition) is 1. The first-order chi connectivity index (χ1) is 10.9. The van der Waals surface area contributed by atoms with Gasteiger partial charge in [0, 0.05) is 17.8 Å². The van der Waals surface area contributed by atoms with E-state index in [0.29, 0.717) is 5.89 Å². The molecule has 0 aliphatic carbocycles. The predicted molar refractivity (Wildman–Crippen MR) is 86.9 cm³/mol. The molecule has 0 amide bonds. The van der Waals surface area contributed by atoms with E-state index in [2.05, 4.69) is 45.8 Å². The van der Waals surface area contributed by atoms with Gasteiger partial charge in [-0.05, 0) is 36.6 Å². The molecule has 0 saturated carbocycles.